The Morgan fingerprint density at radius 3 is 2.91 bits per heavy atom. The van der Waals surface area contributed by atoms with Crippen molar-refractivity contribution >= 4 is 18.1 Å². The van der Waals surface area contributed by atoms with Crippen LogP contribution in [0.4, 0.5) is 0 Å². The second kappa shape index (κ2) is 3.54. The summed E-state index contributed by atoms with van der Waals surface area (Å²) in [5.41, 5.74) is 0.998. The Morgan fingerprint density at radius 2 is 2.18 bits per heavy atom. The maximum absolute atomic E-state index is 5.05. The monoisotopic (exact) mass is 172 g/mol. The van der Waals surface area contributed by atoms with E-state index in [0.717, 1.165) is 10.4 Å². The van der Waals surface area contributed by atoms with Crippen molar-refractivity contribution in [2.45, 2.75) is 4.90 Å². The van der Waals surface area contributed by atoms with Gasteiger partial charge in [-0.2, -0.15) is 5.10 Å². The van der Waals surface area contributed by atoms with Crippen LogP contribution in [0.15, 0.2) is 35.5 Å². The molecule has 0 fully saturated rings. The van der Waals surface area contributed by atoms with Crippen LogP contribution in [-0.2, 0) is 12.6 Å². The molecular weight excluding hydrogens is 167 g/mol. The van der Waals surface area contributed by atoms with Gasteiger partial charge in [0.1, 0.15) is 0 Å². The molecule has 50 valence electrons. The maximum Gasteiger partial charge on any atom is 1.00 e. The van der Waals surface area contributed by atoms with Crippen molar-refractivity contribution in [1.82, 2.24) is 9.61 Å². The molecule has 4 heteroatoms. The van der Waals surface area contributed by atoms with Gasteiger partial charge in [-0.3, -0.25) is 0 Å². The van der Waals surface area contributed by atoms with Crippen LogP contribution < -0.4 is 29.6 Å². The largest absolute Gasteiger partial charge is 1.00 e. The van der Waals surface area contributed by atoms with Gasteiger partial charge in [0.15, 0.2) is 0 Å². The van der Waals surface area contributed by atoms with Crippen molar-refractivity contribution in [3.05, 3.63) is 30.6 Å². The third kappa shape index (κ3) is 1.56. The molecule has 2 rings (SSSR count). The molecule has 0 bridgehead atoms. The van der Waals surface area contributed by atoms with Crippen LogP contribution in [-0.4, -0.2) is 9.61 Å². The van der Waals surface area contributed by atoms with E-state index in [1.54, 1.807) is 10.7 Å². The van der Waals surface area contributed by atoms with Crippen LogP contribution in [0, 0.1) is 0 Å². The number of aromatic nitrogens is 2. The minimum atomic E-state index is 0. The molecule has 0 saturated heterocycles. The molecule has 0 aliphatic carbocycles. The van der Waals surface area contributed by atoms with Gasteiger partial charge in [-0.05, 0) is 12.1 Å². The van der Waals surface area contributed by atoms with Crippen molar-refractivity contribution < 1.29 is 29.6 Å². The van der Waals surface area contributed by atoms with Gasteiger partial charge in [0.05, 0.1) is 0 Å². The van der Waals surface area contributed by atoms with Crippen LogP contribution >= 0.6 is 0 Å². The minimum absolute atomic E-state index is 0. The smallest absolute Gasteiger partial charge is 0.778 e. The third-order valence-electron chi connectivity index (χ3n) is 1.40. The third-order valence-corrected chi connectivity index (χ3v) is 1.74. The van der Waals surface area contributed by atoms with Crippen molar-refractivity contribution in [2.24, 2.45) is 0 Å². The normalized spacial score (nSPS) is 9.45. The number of nitrogens with zero attached hydrogens (tertiary/aromatic N) is 2. The fourth-order valence-electron chi connectivity index (χ4n) is 0.925. The summed E-state index contributed by atoms with van der Waals surface area (Å²) in [5, 5.41) is 4.03. The van der Waals surface area contributed by atoms with Gasteiger partial charge in [0.25, 0.3) is 0 Å². The first-order chi connectivity index (χ1) is 4.88. The van der Waals surface area contributed by atoms with E-state index in [1.165, 1.54) is 0 Å². The molecule has 0 aliphatic heterocycles. The Hall–Kier alpha value is -0.0900. The number of rotatable bonds is 0. The van der Waals surface area contributed by atoms with Gasteiger partial charge in [0.2, 0.25) is 0 Å². The van der Waals surface area contributed by atoms with Crippen LogP contribution in [0.3, 0.4) is 0 Å². The van der Waals surface area contributed by atoms with Crippen molar-refractivity contribution in [2.75, 3.05) is 0 Å². The molecule has 2 aromatic rings. The molecule has 0 aliphatic rings. The molecule has 2 nitrogen and oxygen atoms in total. The first kappa shape index (κ1) is 9.00. The van der Waals surface area contributed by atoms with Crippen LogP contribution in [0.5, 0.6) is 0 Å². The molecule has 0 amide bonds. The number of hydrogen-bond acceptors (Lipinski definition) is 2. The Kier molecular flexibility index (Phi) is 2.90. The Bertz CT molecular complexity index is 358. The molecule has 2 aromatic heterocycles. The molecule has 0 spiro atoms. The van der Waals surface area contributed by atoms with E-state index in [0.29, 0.717) is 0 Å². The van der Waals surface area contributed by atoms with Gasteiger partial charge >= 0.3 is 29.6 Å². The van der Waals surface area contributed by atoms with Crippen molar-refractivity contribution in [3.63, 3.8) is 0 Å². The van der Waals surface area contributed by atoms with E-state index in [9.17, 15) is 0 Å². The fourth-order valence-corrected chi connectivity index (χ4v) is 1.17. The SMILES string of the molecule is [Na+].[S-]c1cccn2nccc12. The molecule has 0 radical (unpaired) electrons. The van der Waals surface area contributed by atoms with Crippen molar-refractivity contribution in [1.29, 1.82) is 0 Å². The van der Waals surface area contributed by atoms with E-state index >= 15 is 0 Å². The van der Waals surface area contributed by atoms with E-state index < -0.39 is 0 Å². The van der Waals surface area contributed by atoms with E-state index in [4.69, 9.17) is 12.6 Å². The fraction of sp³-hybridized carbons (Fsp3) is 0. The van der Waals surface area contributed by atoms with Crippen LogP contribution in [0.2, 0.25) is 0 Å². The average molecular weight is 172 g/mol. The van der Waals surface area contributed by atoms with Crippen LogP contribution in [0.1, 0.15) is 0 Å². The summed E-state index contributed by atoms with van der Waals surface area (Å²) in [6, 6.07) is 5.69. The number of pyridine rings is 1. The maximum atomic E-state index is 5.05. The molecule has 0 N–H and O–H groups in total. The molecule has 0 saturated carbocycles. The van der Waals surface area contributed by atoms with Gasteiger partial charge in [-0.1, -0.05) is 6.07 Å². The predicted molar refractivity (Wildman–Crippen MR) is 40.8 cm³/mol. The van der Waals surface area contributed by atoms with E-state index in [1.807, 2.05) is 24.4 Å². The van der Waals surface area contributed by atoms with Gasteiger partial charge < -0.3 is 12.6 Å². The molecule has 0 aromatic carbocycles. The summed E-state index contributed by atoms with van der Waals surface area (Å²) < 4.78 is 1.77. The molecular formula is C7H5N2NaS. The Labute approximate surface area is 92.3 Å². The summed E-state index contributed by atoms with van der Waals surface area (Å²) in [6.45, 7) is 0. The van der Waals surface area contributed by atoms with E-state index in [2.05, 4.69) is 5.10 Å². The first-order valence-corrected chi connectivity index (χ1v) is 3.38. The summed E-state index contributed by atoms with van der Waals surface area (Å²) in [5.74, 6) is 0. The first-order valence-electron chi connectivity index (χ1n) is 2.97. The molecule has 0 unspecified atom stereocenters. The predicted octanol–water partition coefficient (Wildman–Crippen LogP) is -1.76. The zero-order chi connectivity index (χ0) is 6.97. The zero-order valence-electron chi connectivity index (χ0n) is 6.19. The standard InChI is InChI=1S/C7H6N2S.Na/c10-7-2-1-5-9-6(7)3-4-8-9;/h1-5,10H;/q;+1/p-1. The van der Waals surface area contributed by atoms with Crippen molar-refractivity contribution in [3.8, 4) is 0 Å². The summed E-state index contributed by atoms with van der Waals surface area (Å²) in [7, 11) is 0. The van der Waals surface area contributed by atoms with Crippen LogP contribution in [0.25, 0.3) is 5.52 Å². The van der Waals surface area contributed by atoms with Gasteiger partial charge in [-0.15, -0.1) is 4.90 Å². The zero-order valence-corrected chi connectivity index (χ0v) is 9.01. The van der Waals surface area contributed by atoms with Gasteiger partial charge in [0, 0.05) is 17.9 Å². The Balaban J connectivity index is 0.000000605. The second-order valence-electron chi connectivity index (χ2n) is 2.03. The molecule has 2 heterocycles. The minimum Gasteiger partial charge on any atom is -0.778 e. The molecule has 0 atom stereocenters. The topological polar surface area (TPSA) is 17.3 Å². The Morgan fingerprint density at radius 1 is 1.36 bits per heavy atom. The molecule has 11 heavy (non-hydrogen) atoms. The second-order valence-corrected chi connectivity index (χ2v) is 2.47. The summed E-state index contributed by atoms with van der Waals surface area (Å²) in [6.07, 6.45) is 3.62. The summed E-state index contributed by atoms with van der Waals surface area (Å²) in [4.78, 5) is 0.847. The number of fused-ring (bicyclic) bond motifs is 1. The number of hydrogen-bond donors (Lipinski definition) is 0. The quantitative estimate of drug-likeness (QED) is 0.346. The van der Waals surface area contributed by atoms with Gasteiger partial charge in [-0.25, -0.2) is 4.52 Å². The average Bonchev–Trinajstić information content (AvgIpc) is 2.36. The van der Waals surface area contributed by atoms with E-state index in [-0.39, 0.29) is 29.6 Å². The summed E-state index contributed by atoms with van der Waals surface area (Å²) >= 11 is 5.05.